The van der Waals surface area contributed by atoms with Crippen molar-refractivity contribution in [3.05, 3.63) is 59.9 Å². The standard InChI is InChI=1S/C12H13BN2O2/c16-13(17)10-4-3-5-11(8-7-10)15-12-6-1-2-9-14-12/h1-6,8-9,16-17H,7H2,(H,14,15). The van der Waals surface area contributed by atoms with E-state index in [0.717, 1.165) is 11.5 Å². The number of nitrogens with zero attached hydrogens (tertiary/aromatic N) is 1. The van der Waals surface area contributed by atoms with Gasteiger partial charge in [0.15, 0.2) is 0 Å². The van der Waals surface area contributed by atoms with Gasteiger partial charge in [0.25, 0.3) is 0 Å². The molecule has 0 saturated carbocycles. The fourth-order valence-corrected chi connectivity index (χ4v) is 1.51. The molecule has 1 aliphatic rings. The quantitative estimate of drug-likeness (QED) is 0.681. The molecule has 86 valence electrons. The first-order valence-corrected chi connectivity index (χ1v) is 5.37. The second-order valence-corrected chi connectivity index (χ2v) is 3.68. The largest absolute Gasteiger partial charge is 0.484 e. The van der Waals surface area contributed by atoms with Gasteiger partial charge in [0.1, 0.15) is 5.82 Å². The van der Waals surface area contributed by atoms with E-state index in [1.807, 2.05) is 30.4 Å². The van der Waals surface area contributed by atoms with Crippen molar-refractivity contribution in [2.24, 2.45) is 0 Å². The number of rotatable bonds is 3. The number of aromatic nitrogens is 1. The van der Waals surface area contributed by atoms with Gasteiger partial charge in [0, 0.05) is 11.9 Å². The highest BCUT2D eigenvalue weighted by Crippen LogP contribution is 2.14. The molecule has 1 aliphatic carbocycles. The predicted molar refractivity (Wildman–Crippen MR) is 68.0 cm³/mol. The maximum Gasteiger partial charge on any atom is 0.484 e. The summed E-state index contributed by atoms with van der Waals surface area (Å²) in [7, 11) is -1.40. The summed E-state index contributed by atoms with van der Waals surface area (Å²) in [5.74, 6) is 0.761. The molecule has 0 spiro atoms. The van der Waals surface area contributed by atoms with Crippen LogP contribution in [0.25, 0.3) is 0 Å². The average molecular weight is 228 g/mol. The van der Waals surface area contributed by atoms with Crippen molar-refractivity contribution in [1.29, 1.82) is 0 Å². The molecule has 1 aromatic rings. The molecule has 3 N–H and O–H groups in total. The summed E-state index contributed by atoms with van der Waals surface area (Å²) in [6.07, 6.45) is 9.45. The van der Waals surface area contributed by atoms with Crippen LogP contribution in [0, 0.1) is 0 Å². The molecule has 0 atom stereocenters. The van der Waals surface area contributed by atoms with Gasteiger partial charge in [-0.15, -0.1) is 0 Å². The van der Waals surface area contributed by atoms with Crippen LogP contribution in [-0.2, 0) is 0 Å². The Kier molecular flexibility index (Phi) is 3.75. The maximum absolute atomic E-state index is 9.07. The lowest BCUT2D eigenvalue weighted by atomic mass is 9.77. The van der Waals surface area contributed by atoms with E-state index in [-0.39, 0.29) is 0 Å². The Balaban J connectivity index is 2.06. The van der Waals surface area contributed by atoms with Crippen molar-refractivity contribution in [1.82, 2.24) is 4.98 Å². The van der Waals surface area contributed by atoms with Crippen LogP contribution in [0.5, 0.6) is 0 Å². The first kappa shape index (κ1) is 11.6. The van der Waals surface area contributed by atoms with Crippen molar-refractivity contribution in [3.63, 3.8) is 0 Å². The Hall–Kier alpha value is -1.85. The van der Waals surface area contributed by atoms with E-state index in [1.165, 1.54) is 0 Å². The molecule has 0 radical (unpaired) electrons. The monoisotopic (exact) mass is 228 g/mol. The fraction of sp³-hybridized carbons (Fsp3) is 0.0833. The Morgan fingerprint density at radius 3 is 2.88 bits per heavy atom. The Morgan fingerprint density at radius 1 is 1.29 bits per heavy atom. The first-order valence-electron chi connectivity index (χ1n) is 5.37. The van der Waals surface area contributed by atoms with Crippen LogP contribution in [-0.4, -0.2) is 22.2 Å². The van der Waals surface area contributed by atoms with Gasteiger partial charge in [-0.1, -0.05) is 24.3 Å². The van der Waals surface area contributed by atoms with E-state index in [4.69, 9.17) is 10.0 Å². The van der Waals surface area contributed by atoms with Crippen LogP contribution in [0.3, 0.4) is 0 Å². The maximum atomic E-state index is 9.07. The van der Waals surface area contributed by atoms with Gasteiger partial charge in [0.05, 0.1) is 0 Å². The summed E-state index contributed by atoms with van der Waals surface area (Å²) in [5.41, 5.74) is 1.45. The molecular formula is C12H13BN2O2. The summed E-state index contributed by atoms with van der Waals surface area (Å²) in [6, 6.07) is 5.62. The van der Waals surface area contributed by atoms with Crippen molar-refractivity contribution in [3.8, 4) is 0 Å². The third kappa shape index (κ3) is 3.30. The lowest BCUT2D eigenvalue weighted by Crippen LogP contribution is -2.14. The summed E-state index contributed by atoms with van der Waals surface area (Å²) < 4.78 is 0. The van der Waals surface area contributed by atoms with E-state index in [1.54, 1.807) is 18.3 Å². The molecule has 0 aliphatic heterocycles. The van der Waals surface area contributed by atoms with Crippen LogP contribution in [0.2, 0.25) is 0 Å². The van der Waals surface area contributed by atoms with Crippen molar-refractivity contribution < 1.29 is 10.0 Å². The SMILES string of the molecule is OB(O)C1=CC=CC(Nc2ccccn2)=CC1. The van der Waals surface area contributed by atoms with E-state index >= 15 is 0 Å². The smallest absolute Gasteiger partial charge is 0.423 e. The molecule has 17 heavy (non-hydrogen) atoms. The molecule has 0 saturated heterocycles. The molecule has 5 heteroatoms. The highest BCUT2D eigenvalue weighted by Gasteiger charge is 2.13. The van der Waals surface area contributed by atoms with Crippen molar-refractivity contribution >= 4 is 12.9 Å². The second-order valence-electron chi connectivity index (χ2n) is 3.68. The Labute approximate surface area is 100 Å². The lowest BCUT2D eigenvalue weighted by Gasteiger charge is -2.05. The van der Waals surface area contributed by atoms with Crippen LogP contribution < -0.4 is 5.32 Å². The third-order valence-electron chi connectivity index (χ3n) is 2.41. The highest BCUT2D eigenvalue weighted by molar-refractivity contribution is 6.50. The number of nitrogens with one attached hydrogen (secondary N) is 1. The lowest BCUT2D eigenvalue weighted by molar-refractivity contribution is 0.418. The van der Waals surface area contributed by atoms with Crippen LogP contribution in [0.15, 0.2) is 59.9 Å². The van der Waals surface area contributed by atoms with Gasteiger partial charge in [-0.3, -0.25) is 0 Å². The second kappa shape index (κ2) is 5.47. The zero-order chi connectivity index (χ0) is 12.1. The molecule has 0 bridgehead atoms. The number of hydrogen-bond acceptors (Lipinski definition) is 4. The van der Waals surface area contributed by atoms with Gasteiger partial charge >= 0.3 is 7.12 Å². The van der Waals surface area contributed by atoms with Crippen LogP contribution >= 0.6 is 0 Å². The van der Waals surface area contributed by atoms with Crippen molar-refractivity contribution in [2.45, 2.75) is 6.42 Å². The highest BCUT2D eigenvalue weighted by atomic mass is 16.4. The zero-order valence-electron chi connectivity index (χ0n) is 9.24. The van der Waals surface area contributed by atoms with E-state index in [9.17, 15) is 0 Å². The van der Waals surface area contributed by atoms with E-state index in [0.29, 0.717) is 11.9 Å². The molecule has 1 heterocycles. The number of allylic oxidation sites excluding steroid dienone is 5. The van der Waals surface area contributed by atoms with E-state index < -0.39 is 7.12 Å². The third-order valence-corrected chi connectivity index (χ3v) is 2.41. The summed E-state index contributed by atoms with van der Waals surface area (Å²) >= 11 is 0. The minimum Gasteiger partial charge on any atom is -0.423 e. The van der Waals surface area contributed by atoms with Crippen LogP contribution in [0.1, 0.15) is 6.42 Å². The first-order chi connectivity index (χ1) is 8.25. The fourth-order valence-electron chi connectivity index (χ4n) is 1.51. The normalized spacial score (nSPS) is 14.7. The number of pyridine rings is 1. The molecule has 0 fully saturated rings. The van der Waals surface area contributed by atoms with Gasteiger partial charge in [0.2, 0.25) is 0 Å². The molecule has 4 nitrogen and oxygen atoms in total. The Morgan fingerprint density at radius 2 is 2.18 bits per heavy atom. The molecule has 0 aromatic carbocycles. The minimum atomic E-state index is -1.40. The van der Waals surface area contributed by atoms with Crippen LogP contribution in [0.4, 0.5) is 5.82 Å². The van der Waals surface area contributed by atoms with Gasteiger partial charge < -0.3 is 15.4 Å². The molecular weight excluding hydrogens is 215 g/mol. The average Bonchev–Trinajstić information content (AvgIpc) is 2.56. The van der Waals surface area contributed by atoms with Gasteiger partial charge in [-0.25, -0.2) is 4.98 Å². The molecule has 0 amide bonds. The Bertz CT molecular complexity index is 467. The number of anilines is 1. The molecule has 2 rings (SSSR count). The summed E-state index contributed by atoms with van der Waals surface area (Å²) in [6.45, 7) is 0. The minimum absolute atomic E-state index is 0.500. The van der Waals surface area contributed by atoms with E-state index in [2.05, 4.69) is 10.3 Å². The molecule has 1 aromatic heterocycles. The topological polar surface area (TPSA) is 65.4 Å². The zero-order valence-corrected chi connectivity index (χ0v) is 9.24. The predicted octanol–water partition coefficient (Wildman–Crippen LogP) is 1.28. The summed E-state index contributed by atoms with van der Waals surface area (Å²) in [5, 5.41) is 21.3. The number of hydrogen-bond donors (Lipinski definition) is 3. The van der Waals surface area contributed by atoms with Crippen molar-refractivity contribution in [2.75, 3.05) is 5.32 Å². The van der Waals surface area contributed by atoms with Gasteiger partial charge in [-0.2, -0.15) is 0 Å². The molecule has 0 unspecified atom stereocenters. The van der Waals surface area contributed by atoms with Gasteiger partial charge in [-0.05, 0) is 30.1 Å². The summed E-state index contributed by atoms with van der Waals surface area (Å²) in [4.78, 5) is 4.16.